The van der Waals surface area contributed by atoms with Gasteiger partial charge < -0.3 is 0 Å². The number of halogens is 2. The number of benzene rings is 3. The predicted octanol–water partition coefficient (Wildman–Crippen LogP) is 8.50. The van der Waals surface area contributed by atoms with Crippen molar-refractivity contribution in [3.05, 3.63) is 92.4 Å². The molecule has 0 N–H and O–H groups in total. The standard InChI is InChI=1S/C25H24Br2/c1-2-3-4-8-15-25(18-9-6-5-7-10-18)23-16-19(26)11-13-21(23)22-14-12-20(27)17-24(22)25/h5-7,9-14,16-17H,2-4,8,15H2,1H3. The molecule has 0 amide bonds. The van der Waals surface area contributed by atoms with Crippen LogP contribution in [0.5, 0.6) is 0 Å². The molecule has 0 bridgehead atoms. The maximum absolute atomic E-state index is 3.73. The van der Waals surface area contributed by atoms with Gasteiger partial charge in [-0.2, -0.15) is 0 Å². The molecule has 0 unspecified atom stereocenters. The molecular formula is C25H24Br2. The average molecular weight is 484 g/mol. The molecule has 0 spiro atoms. The molecule has 0 saturated heterocycles. The molecular weight excluding hydrogens is 460 g/mol. The summed E-state index contributed by atoms with van der Waals surface area (Å²) in [6.45, 7) is 2.28. The Morgan fingerprint density at radius 1 is 0.704 bits per heavy atom. The maximum atomic E-state index is 3.73. The van der Waals surface area contributed by atoms with Crippen LogP contribution in [0.25, 0.3) is 11.1 Å². The van der Waals surface area contributed by atoms with Crippen molar-refractivity contribution in [1.82, 2.24) is 0 Å². The molecule has 3 aromatic rings. The first-order chi connectivity index (χ1) is 13.2. The lowest BCUT2D eigenvalue weighted by Crippen LogP contribution is -2.27. The van der Waals surface area contributed by atoms with Crippen molar-refractivity contribution in [2.24, 2.45) is 0 Å². The van der Waals surface area contributed by atoms with Crippen LogP contribution in [0.4, 0.5) is 0 Å². The van der Waals surface area contributed by atoms with E-state index in [1.54, 1.807) is 0 Å². The normalized spacial score (nSPS) is 14.0. The largest absolute Gasteiger partial charge is 0.0654 e. The summed E-state index contributed by atoms with van der Waals surface area (Å²) < 4.78 is 2.31. The minimum Gasteiger partial charge on any atom is -0.0654 e. The Bertz CT molecular complexity index is 892. The van der Waals surface area contributed by atoms with E-state index < -0.39 is 0 Å². The highest BCUT2D eigenvalue weighted by molar-refractivity contribution is 9.10. The van der Waals surface area contributed by atoms with Crippen molar-refractivity contribution in [2.45, 2.75) is 44.4 Å². The summed E-state index contributed by atoms with van der Waals surface area (Å²) in [5, 5.41) is 0. The molecule has 138 valence electrons. The fourth-order valence-electron chi connectivity index (χ4n) is 4.62. The molecule has 0 radical (unpaired) electrons. The smallest absolute Gasteiger partial charge is 0.0464 e. The molecule has 0 saturated carbocycles. The van der Waals surface area contributed by atoms with Gasteiger partial charge in [0.25, 0.3) is 0 Å². The van der Waals surface area contributed by atoms with E-state index in [-0.39, 0.29) is 5.41 Å². The molecule has 0 atom stereocenters. The number of hydrogen-bond donors (Lipinski definition) is 0. The average Bonchev–Trinajstić information content (AvgIpc) is 2.95. The Kier molecular flexibility index (Phi) is 5.57. The van der Waals surface area contributed by atoms with Crippen LogP contribution in [0.3, 0.4) is 0 Å². The molecule has 27 heavy (non-hydrogen) atoms. The van der Waals surface area contributed by atoms with E-state index >= 15 is 0 Å². The van der Waals surface area contributed by atoms with Gasteiger partial charge in [0, 0.05) is 14.4 Å². The van der Waals surface area contributed by atoms with Gasteiger partial charge in [-0.1, -0.05) is 107 Å². The van der Waals surface area contributed by atoms with Crippen LogP contribution in [0.15, 0.2) is 75.7 Å². The summed E-state index contributed by atoms with van der Waals surface area (Å²) in [5.74, 6) is 0. The SMILES string of the molecule is CCCCCCC1(c2ccccc2)c2cc(Br)ccc2-c2ccc(Br)cc21. The van der Waals surface area contributed by atoms with Crippen molar-refractivity contribution < 1.29 is 0 Å². The molecule has 0 nitrogen and oxygen atoms in total. The van der Waals surface area contributed by atoms with Crippen LogP contribution in [0.2, 0.25) is 0 Å². The lowest BCUT2D eigenvalue weighted by molar-refractivity contribution is 0.515. The second kappa shape index (κ2) is 7.93. The fourth-order valence-corrected chi connectivity index (χ4v) is 5.34. The highest BCUT2D eigenvalue weighted by Gasteiger charge is 2.44. The minimum absolute atomic E-state index is 0.0762. The van der Waals surface area contributed by atoms with Gasteiger partial charge >= 0.3 is 0 Å². The summed E-state index contributed by atoms with van der Waals surface area (Å²) in [5.41, 5.74) is 6.95. The van der Waals surface area contributed by atoms with Crippen molar-refractivity contribution in [2.75, 3.05) is 0 Å². The van der Waals surface area contributed by atoms with Gasteiger partial charge in [-0.25, -0.2) is 0 Å². The zero-order chi connectivity index (χ0) is 18.9. The first kappa shape index (κ1) is 19.0. The zero-order valence-corrected chi connectivity index (χ0v) is 18.8. The van der Waals surface area contributed by atoms with E-state index in [1.807, 2.05) is 0 Å². The Morgan fingerprint density at radius 2 is 1.30 bits per heavy atom. The topological polar surface area (TPSA) is 0 Å². The number of hydrogen-bond acceptors (Lipinski definition) is 0. The Hall–Kier alpha value is -1.38. The van der Waals surface area contributed by atoms with Crippen molar-refractivity contribution >= 4 is 31.9 Å². The summed E-state index contributed by atoms with van der Waals surface area (Å²) >= 11 is 7.46. The summed E-state index contributed by atoms with van der Waals surface area (Å²) in [7, 11) is 0. The van der Waals surface area contributed by atoms with E-state index in [0.717, 1.165) is 15.4 Å². The van der Waals surface area contributed by atoms with Gasteiger partial charge in [0.05, 0.1) is 0 Å². The molecule has 0 aliphatic heterocycles. The number of unbranched alkanes of at least 4 members (excludes halogenated alkanes) is 3. The van der Waals surface area contributed by atoms with Crippen molar-refractivity contribution in [3.8, 4) is 11.1 Å². The third kappa shape index (κ3) is 3.32. The third-order valence-corrected chi connectivity index (χ3v) is 6.83. The monoisotopic (exact) mass is 482 g/mol. The molecule has 1 aliphatic rings. The summed E-state index contributed by atoms with van der Waals surface area (Å²) in [4.78, 5) is 0. The Labute approximate surface area is 179 Å². The lowest BCUT2D eigenvalue weighted by atomic mass is 9.69. The van der Waals surface area contributed by atoms with E-state index in [2.05, 4.69) is 106 Å². The number of rotatable bonds is 6. The van der Waals surface area contributed by atoms with E-state index in [1.165, 1.54) is 53.5 Å². The molecule has 0 aromatic heterocycles. The van der Waals surface area contributed by atoms with Gasteiger partial charge in [-0.05, 0) is 58.5 Å². The Morgan fingerprint density at radius 3 is 1.85 bits per heavy atom. The van der Waals surface area contributed by atoms with Crippen LogP contribution in [0, 0.1) is 0 Å². The molecule has 3 aromatic carbocycles. The predicted molar refractivity (Wildman–Crippen MR) is 122 cm³/mol. The number of fused-ring (bicyclic) bond motifs is 3. The zero-order valence-electron chi connectivity index (χ0n) is 15.6. The quantitative estimate of drug-likeness (QED) is 0.308. The van der Waals surface area contributed by atoms with Crippen molar-refractivity contribution in [3.63, 3.8) is 0 Å². The van der Waals surface area contributed by atoms with Gasteiger partial charge in [0.1, 0.15) is 0 Å². The van der Waals surface area contributed by atoms with Gasteiger partial charge in [0.2, 0.25) is 0 Å². The minimum atomic E-state index is -0.0762. The molecule has 2 heteroatoms. The summed E-state index contributed by atoms with van der Waals surface area (Å²) in [6, 6.07) is 24.7. The molecule has 0 heterocycles. The second-order valence-corrected chi connectivity index (χ2v) is 9.29. The van der Waals surface area contributed by atoms with Gasteiger partial charge in [-0.3, -0.25) is 0 Å². The third-order valence-electron chi connectivity index (χ3n) is 5.84. The molecule has 4 rings (SSSR count). The highest BCUT2D eigenvalue weighted by atomic mass is 79.9. The first-order valence-electron chi connectivity index (χ1n) is 9.83. The summed E-state index contributed by atoms with van der Waals surface area (Å²) in [6.07, 6.45) is 6.24. The molecule has 0 fully saturated rings. The van der Waals surface area contributed by atoms with E-state index in [0.29, 0.717) is 0 Å². The highest BCUT2D eigenvalue weighted by Crippen LogP contribution is 2.56. The van der Waals surface area contributed by atoms with Crippen LogP contribution in [0.1, 0.15) is 55.7 Å². The van der Waals surface area contributed by atoms with E-state index in [4.69, 9.17) is 0 Å². The second-order valence-electron chi connectivity index (χ2n) is 7.46. The van der Waals surface area contributed by atoms with Crippen LogP contribution >= 0.6 is 31.9 Å². The Balaban J connectivity index is 1.96. The van der Waals surface area contributed by atoms with Gasteiger partial charge in [-0.15, -0.1) is 0 Å². The fraction of sp³-hybridized carbons (Fsp3) is 0.280. The van der Waals surface area contributed by atoms with Crippen LogP contribution in [-0.4, -0.2) is 0 Å². The van der Waals surface area contributed by atoms with Crippen molar-refractivity contribution in [1.29, 1.82) is 0 Å². The lowest BCUT2D eigenvalue weighted by Gasteiger charge is -2.33. The van der Waals surface area contributed by atoms with E-state index in [9.17, 15) is 0 Å². The van der Waals surface area contributed by atoms with Crippen LogP contribution in [-0.2, 0) is 5.41 Å². The van der Waals surface area contributed by atoms with Crippen LogP contribution < -0.4 is 0 Å². The maximum Gasteiger partial charge on any atom is 0.0464 e. The first-order valence-corrected chi connectivity index (χ1v) is 11.4. The molecule has 1 aliphatic carbocycles. The van der Waals surface area contributed by atoms with Gasteiger partial charge in [0.15, 0.2) is 0 Å².